The Balaban J connectivity index is 2.11. The van der Waals surface area contributed by atoms with E-state index < -0.39 is 0 Å². The molecule has 0 aromatic carbocycles. The maximum Gasteiger partial charge on any atom is 0.287 e. The molecular weight excluding hydrogens is 276 g/mol. The Labute approximate surface area is 121 Å². The molecule has 0 aliphatic carbocycles. The van der Waals surface area contributed by atoms with E-state index in [4.69, 9.17) is 9.52 Å². The Morgan fingerprint density at radius 3 is 2.75 bits per heavy atom. The fourth-order valence-electron chi connectivity index (χ4n) is 1.80. The van der Waals surface area contributed by atoms with Crippen molar-refractivity contribution in [3.05, 3.63) is 39.2 Å². The molecule has 0 saturated carbocycles. The molecule has 20 heavy (non-hydrogen) atoms. The van der Waals surface area contributed by atoms with Crippen LogP contribution >= 0.6 is 11.3 Å². The lowest BCUT2D eigenvalue weighted by molar-refractivity contribution is 0.0902. The average Bonchev–Trinajstić information content (AvgIpc) is 3.03. The minimum absolute atomic E-state index is 0.123. The summed E-state index contributed by atoms with van der Waals surface area (Å²) in [6.07, 6.45) is 0.756. The van der Waals surface area contributed by atoms with E-state index in [0.717, 1.165) is 22.0 Å². The topological polar surface area (TPSA) is 75.4 Å². The number of nitrogens with one attached hydrogen (secondary N) is 1. The number of nitrogens with zero attached hydrogens (tertiary/aromatic N) is 1. The number of carbonyl (C=O) groups excluding carboxylic acids is 1. The van der Waals surface area contributed by atoms with Gasteiger partial charge in [0, 0.05) is 4.88 Å². The van der Waals surface area contributed by atoms with E-state index in [2.05, 4.69) is 10.3 Å². The van der Waals surface area contributed by atoms with E-state index in [1.165, 1.54) is 0 Å². The van der Waals surface area contributed by atoms with Crippen LogP contribution in [0.5, 0.6) is 0 Å². The lowest BCUT2D eigenvalue weighted by Gasteiger charge is -2.13. The maximum atomic E-state index is 12.1. The maximum absolute atomic E-state index is 12.1. The van der Waals surface area contributed by atoms with Crippen molar-refractivity contribution in [2.45, 2.75) is 39.8 Å². The van der Waals surface area contributed by atoms with Crippen molar-refractivity contribution in [2.75, 3.05) is 0 Å². The fraction of sp³-hybridized carbons (Fsp3) is 0.429. The molecule has 2 rings (SSSR count). The molecule has 2 aromatic heterocycles. The van der Waals surface area contributed by atoms with Crippen molar-refractivity contribution >= 4 is 17.2 Å². The SMILES string of the molecule is CC[C@H](NC(=O)c1ccc(CO)o1)c1nc(C)c(C)s1. The second-order valence-electron chi connectivity index (χ2n) is 4.55. The highest BCUT2D eigenvalue weighted by Gasteiger charge is 2.20. The number of thiazole rings is 1. The predicted octanol–water partition coefficient (Wildman–Crippen LogP) is 2.73. The molecule has 5 nitrogen and oxygen atoms in total. The molecular formula is C14H18N2O3S. The number of rotatable bonds is 5. The molecule has 0 saturated heterocycles. The predicted molar refractivity (Wildman–Crippen MR) is 76.7 cm³/mol. The van der Waals surface area contributed by atoms with Crippen molar-refractivity contribution in [3.8, 4) is 0 Å². The first-order chi connectivity index (χ1) is 9.55. The van der Waals surface area contributed by atoms with Gasteiger partial charge in [0.25, 0.3) is 5.91 Å². The summed E-state index contributed by atoms with van der Waals surface area (Å²) in [5, 5.41) is 12.8. The summed E-state index contributed by atoms with van der Waals surface area (Å²) in [6.45, 7) is 5.77. The molecule has 0 radical (unpaired) electrons. The van der Waals surface area contributed by atoms with Crippen LogP contribution in [0, 0.1) is 13.8 Å². The quantitative estimate of drug-likeness (QED) is 0.889. The Hall–Kier alpha value is -1.66. The highest BCUT2D eigenvalue weighted by atomic mass is 32.1. The number of aliphatic hydroxyl groups excluding tert-OH is 1. The van der Waals surface area contributed by atoms with Crippen LogP contribution < -0.4 is 5.32 Å². The summed E-state index contributed by atoms with van der Waals surface area (Å²) >= 11 is 1.60. The van der Waals surface area contributed by atoms with Gasteiger partial charge in [-0.3, -0.25) is 4.79 Å². The van der Waals surface area contributed by atoms with Gasteiger partial charge in [-0.1, -0.05) is 6.92 Å². The molecule has 1 atom stereocenters. The number of aromatic nitrogens is 1. The third-order valence-corrected chi connectivity index (χ3v) is 4.28. The second-order valence-corrected chi connectivity index (χ2v) is 5.79. The number of carbonyl (C=O) groups is 1. The number of furan rings is 1. The number of hydrogen-bond acceptors (Lipinski definition) is 5. The van der Waals surface area contributed by atoms with Crippen LogP contribution in [0.4, 0.5) is 0 Å². The number of aliphatic hydroxyl groups is 1. The van der Waals surface area contributed by atoms with Crippen LogP contribution in [0.3, 0.4) is 0 Å². The summed E-state index contributed by atoms with van der Waals surface area (Å²) in [5.74, 6) is 0.295. The summed E-state index contributed by atoms with van der Waals surface area (Å²) in [4.78, 5) is 17.7. The van der Waals surface area contributed by atoms with Gasteiger partial charge in [-0.25, -0.2) is 4.98 Å². The Kier molecular flexibility index (Phi) is 4.57. The van der Waals surface area contributed by atoms with Gasteiger partial charge in [0.05, 0.1) is 11.7 Å². The molecule has 108 valence electrons. The fourth-order valence-corrected chi connectivity index (χ4v) is 2.86. The van der Waals surface area contributed by atoms with E-state index in [0.29, 0.717) is 5.76 Å². The Morgan fingerprint density at radius 1 is 1.50 bits per heavy atom. The smallest absolute Gasteiger partial charge is 0.287 e. The van der Waals surface area contributed by atoms with E-state index in [1.54, 1.807) is 23.5 Å². The molecule has 0 unspecified atom stereocenters. The van der Waals surface area contributed by atoms with Gasteiger partial charge in [-0.05, 0) is 32.4 Å². The van der Waals surface area contributed by atoms with Crippen LogP contribution in [0.2, 0.25) is 0 Å². The van der Waals surface area contributed by atoms with Gasteiger partial charge >= 0.3 is 0 Å². The lowest BCUT2D eigenvalue weighted by Crippen LogP contribution is -2.27. The van der Waals surface area contributed by atoms with Gasteiger partial charge in [-0.2, -0.15) is 0 Å². The summed E-state index contributed by atoms with van der Waals surface area (Å²) in [5.41, 5.74) is 0.998. The lowest BCUT2D eigenvalue weighted by atomic mass is 10.2. The molecule has 0 bridgehead atoms. The molecule has 2 heterocycles. The van der Waals surface area contributed by atoms with Crippen molar-refractivity contribution in [3.63, 3.8) is 0 Å². The van der Waals surface area contributed by atoms with Gasteiger partial charge < -0.3 is 14.8 Å². The van der Waals surface area contributed by atoms with Crippen molar-refractivity contribution in [1.82, 2.24) is 10.3 Å². The largest absolute Gasteiger partial charge is 0.453 e. The summed E-state index contributed by atoms with van der Waals surface area (Å²) < 4.78 is 5.23. The molecule has 0 fully saturated rings. The van der Waals surface area contributed by atoms with Crippen LogP contribution in [0.25, 0.3) is 0 Å². The third kappa shape index (κ3) is 3.08. The molecule has 6 heteroatoms. The third-order valence-electron chi connectivity index (χ3n) is 3.10. The first kappa shape index (κ1) is 14.7. The van der Waals surface area contributed by atoms with Crippen molar-refractivity contribution in [1.29, 1.82) is 0 Å². The van der Waals surface area contributed by atoms with Crippen LogP contribution in [0.1, 0.15) is 51.3 Å². The monoisotopic (exact) mass is 294 g/mol. The van der Waals surface area contributed by atoms with E-state index in [9.17, 15) is 4.79 Å². The number of hydrogen-bond donors (Lipinski definition) is 2. The van der Waals surface area contributed by atoms with Gasteiger partial charge in [0.15, 0.2) is 5.76 Å². The van der Waals surface area contributed by atoms with Gasteiger partial charge in [0.2, 0.25) is 0 Å². The van der Waals surface area contributed by atoms with Crippen molar-refractivity contribution < 1.29 is 14.3 Å². The van der Waals surface area contributed by atoms with Crippen molar-refractivity contribution in [2.24, 2.45) is 0 Å². The van der Waals surface area contributed by atoms with E-state index in [1.807, 2.05) is 20.8 Å². The molecule has 0 aliphatic rings. The standard InChI is InChI=1S/C14H18N2O3S/c1-4-11(14-15-8(2)9(3)20-14)16-13(18)12-6-5-10(7-17)19-12/h5-6,11,17H,4,7H2,1-3H3,(H,16,18)/t11-/m0/s1. The zero-order valence-corrected chi connectivity index (χ0v) is 12.6. The second kappa shape index (κ2) is 6.19. The zero-order chi connectivity index (χ0) is 14.7. The van der Waals surface area contributed by atoms with Crippen LogP contribution in [-0.4, -0.2) is 16.0 Å². The summed E-state index contributed by atoms with van der Waals surface area (Å²) in [6, 6.07) is 3.03. The van der Waals surface area contributed by atoms with E-state index >= 15 is 0 Å². The highest BCUT2D eigenvalue weighted by molar-refractivity contribution is 7.11. The van der Waals surface area contributed by atoms with E-state index in [-0.39, 0.29) is 24.3 Å². The molecule has 0 spiro atoms. The molecule has 0 aliphatic heterocycles. The highest BCUT2D eigenvalue weighted by Crippen LogP contribution is 2.25. The Bertz CT molecular complexity index is 584. The normalized spacial score (nSPS) is 12.4. The van der Waals surface area contributed by atoms with Gasteiger partial charge in [0.1, 0.15) is 17.4 Å². The van der Waals surface area contributed by atoms with Gasteiger partial charge in [-0.15, -0.1) is 11.3 Å². The molecule has 2 N–H and O–H groups in total. The average molecular weight is 294 g/mol. The van der Waals surface area contributed by atoms with Crippen LogP contribution in [0.15, 0.2) is 16.5 Å². The number of aryl methyl sites for hydroxylation is 2. The Morgan fingerprint density at radius 2 is 2.25 bits per heavy atom. The molecule has 1 amide bonds. The minimum Gasteiger partial charge on any atom is -0.453 e. The zero-order valence-electron chi connectivity index (χ0n) is 11.8. The summed E-state index contributed by atoms with van der Waals surface area (Å²) in [7, 11) is 0. The molecule has 2 aromatic rings. The number of amides is 1. The first-order valence-corrected chi connectivity index (χ1v) is 7.31. The van der Waals surface area contributed by atoms with Crippen LogP contribution in [-0.2, 0) is 6.61 Å². The first-order valence-electron chi connectivity index (χ1n) is 6.49. The minimum atomic E-state index is -0.290.